The molecule has 0 bridgehead atoms. The monoisotopic (exact) mass is 234 g/mol. The Morgan fingerprint density at radius 3 is 2.65 bits per heavy atom. The highest BCUT2D eigenvalue weighted by Crippen LogP contribution is 2.33. The van der Waals surface area contributed by atoms with E-state index in [1.165, 1.54) is 5.56 Å². The second-order valence-electron chi connectivity index (χ2n) is 4.99. The molecule has 2 rings (SSSR count). The van der Waals surface area contributed by atoms with E-state index in [0.717, 1.165) is 32.3 Å². The number of benzene rings is 1. The van der Waals surface area contributed by atoms with Crippen LogP contribution in [-0.4, -0.2) is 23.9 Å². The fourth-order valence-corrected chi connectivity index (χ4v) is 2.59. The van der Waals surface area contributed by atoms with Gasteiger partial charge in [-0.2, -0.15) is 0 Å². The van der Waals surface area contributed by atoms with Crippen LogP contribution >= 0.6 is 0 Å². The smallest absolute Gasteiger partial charge is 0.0583 e. The van der Waals surface area contributed by atoms with Gasteiger partial charge in [-0.3, -0.25) is 0 Å². The van der Waals surface area contributed by atoms with Gasteiger partial charge in [0.2, 0.25) is 0 Å². The molecule has 1 atom stereocenters. The highest BCUT2D eigenvalue weighted by Gasteiger charge is 2.30. The standard InChI is InChI=1S/C15H22O2/c1-2-17-15-10-13(11-15)9-14(16)8-12-6-4-3-5-7-12/h3-7,13-16H,2,8-11H2,1H3. The van der Waals surface area contributed by atoms with Crippen molar-refractivity contribution in [2.45, 2.75) is 44.8 Å². The molecule has 1 saturated carbocycles. The minimum Gasteiger partial charge on any atom is -0.393 e. The molecule has 1 aliphatic carbocycles. The van der Waals surface area contributed by atoms with Crippen LogP contribution in [0.4, 0.5) is 0 Å². The predicted molar refractivity (Wildman–Crippen MR) is 68.9 cm³/mol. The molecule has 2 nitrogen and oxygen atoms in total. The van der Waals surface area contributed by atoms with Gasteiger partial charge in [-0.25, -0.2) is 0 Å². The lowest BCUT2D eigenvalue weighted by molar-refractivity contribution is -0.0375. The van der Waals surface area contributed by atoms with Crippen molar-refractivity contribution >= 4 is 0 Å². The van der Waals surface area contributed by atoms with E-state index in [1.807, 2.05) is 25.1 Å². The number of hydrogen-bond acceptors (Lipinski definition) is 2. The first kappa shape index (κ1) is 12.6. The van der Waals surface area contributed by atoms with Gasteiger partial charge >= 0.3 is 0 Å². The zero-order chi connectivity index (χ0) is 12.1. The molecule has 0 amide bonds. The normalized spacial score (nSPS) is 25.3. The van der Waals surface area contributed by atoms with Crippen molar-refractivity contribution in [2.24, 2.45) is 5.92 Å². The summed E-state index contributed by atoms with van der Waals surface area (Å²) in [7, 11) is 0. The molecule has 1 aromatic rings. The molecular formula is C15H22O2. The maximum absolute atomic E-state index is 10.0. The van der Waals surface area contributed by atoms with E-state index in [4.69, 9.17) is 4.74 Å². The molecule has 0 saturated heterocycles. The second-order valence-corrected chi connectivity index (χ2v) is 4.99. The summed E-state index contributed by atoms with van der Waals surface area (Å²) in [4.78, 5) is 0. The molecule has 17 heavy (non-hydrogen) atoms. The average molecular weight is 234 g/mol. The van der Waals surface area contributed by atoms with Gasteiger partial charge in [-0.1, -0.05) is 30.3 Å². The van der Waals surface area contributed by atoms with Gasteiger partial charge in [0.1, 0.15) is 0 Å². The lowest BCUT2D eigenvalue weighted by atomic mass is 9.78. The van der Waals surface area contributed by atoms with Crippen molar-refractivity contribution in [1.29, 1.82) is 0 Å². The Labute approximate surface area is 104 Å². The van der Waals surface area contributed by atoms with Crippen LogP contribution in [0.15, 0.2) is 30.3 Å². The van der Waals surface area contributed by atoms with Crippen molar-refractivity contribution in [3.05, 3.63) is 35.9 Å². The topological polar surface area (TPSA) is 29.5 Å². The average Bonchev–Trinajstić information content (AvgIpc) is 2.27. The summed E-state index contributed by atoms with van der Waals surface area (Å²) in [6.45, 7) is 2.85. The SMILES string of the molecule is CCOC1CC(CC(O)Cc2ccccc2)C1. The highest BCUT2D eigenvalue weighted by molar-refractivity contribution is 5.15. The van der Waals surface area contributed by atoms with Crippen LogP contribution in [0.1, 0.15) is 31.7 Å². The van der Waals surface area contributed by atoms with E-state index < -0.39 is 0 Å². The van der Waals surface area contributed by atoms with E-state index in [1.54, 1.807) is 0 Å². The van der Waals surface area contributed by atoms with Crippen molar-refractivity contribution < 1.29 is 9.84 Å². The number of rotatable bonds is 6. The molecule has 0 radical (unpaired) electrons. The van der Waals surface area contributed by atoms with Gasteiger partial charge in [0.25, 0.3) is 0 Å². The van der Waals surface area contributed by atoms with Crippen molar-refractivity contribution in [1.82, 2.24) is 0 Å². The van der Waals surface area contributed by atoms with Crippen LogP contribution in [-0.2, 0) is 11.2 Å². The maximum atomic E-state index is 10.0. The Bertz CT molecular complexity index is 317. The molecule has 94 valence electrons. The Morgan fingerprint density at radius 2 is 2.00 bits per heavy atom. The van der Waals surface area contributed by atoms with Gasteiger partial charge in [0.15, 0.2) is 0 Å². The van der Waals surface area contributed by atoms with Gasteiger partial charge in [-0.15, -0.1) is 0 Å². The summed E-state index contributed by atoms with van der Waals surface area (Å²) in [5, 5.41) is 10.0. The Kier molecular flexibility index (Phi) is 4.57. The summed E-state index contributed by atoms with van der Waals surface area (Å²) >= 11 is 0. The number of hydrogen-bond donors (Lipinski definition) is 1. The lowest BCUT2D eigenvalue weighted by Crippen LogP contribution is -2.34. The van der Waals surface area contributed by atoms with Crippen LogP contribution in [0.5, 0.6) is 0 Å². The number of aliphatic hydroxyl groups excluding tert-OH is 1. The van der Waals surface area contributed by atoms with E-state index in [-0.39, 0.29) is 6.10 Å². The molecule has 0 heterocycles. The zero-order valence-corrected chi connectivity index (χ0v) is 10.5. The molecule has 1 unspecified atom stereocenters. The van der Waals surface area contributed by atoms with Crippen LogP contribution in [0.3, 0.4) is 0 Å². The van der Waals surface area contributed by atoms with Crippen molar-refractivity contribution in [3.63, 3.8) is 0 Å². The molecule has 0 aromatic heterocycles. The Morgan fingerprint density at radius 1 is 1.29 bits per heavy atom. The lowest BCUT2D eigenvalue weighted by Gasteiger charge is -2.36. The maximum Gasteiger partial charge on any atom is 0.0583 e. The first-order chi connectivity index (χ1) is 8.28. The summed E-state index contributed by atoms with van der Waals surface area (Å²) in [5.41, 5.74) is 1.22. The van der Waals surface area contributed by atoms with Crippen LogP contribution in [0.25, 0.3) is 0 Å². The fraction of sp³-hybridized carbons (Fsp3) is 0.600. The Balaban J connectivity index is 1.67. The summed E-state index contributed by atoms with van der Waals surface area (Å²) in [5.74, 6) is 0.658. The van der Waals surface area contributed by atoms with Gasteiger partial charge in [0, 0.05) is 6.61 Å². The number of aliphatic hydroxyl groups is 1. The molecule has 2 heteroatoms. The third kappa shape index (κ3) is 3.83. The Hall–Kier alpha value is -0.860. The molecular weight excluding hydrogens is 212 g/mol. The largest absolute Gasteiger partial charge is 0.393 e. The quantitative estimate of drug-likeness (QED) is 0.820. The van der Waals surface area contributed by atoms with Crippen LogP contribution < -0.4 is 0 Å². The summed E-state index contributed by atoms with van der Waals surface area (Å²) in [6.07, 6.45) is 4.19. The summed E-state index contributed by atoms with van der Waals surface area (Å²) < 4.78 is 5.53. The first-order valence-corrected chi connectivity index (χ1v) is 6.61. The minimum absolute atomic E-state index is 0.204. The van der Waals surface area contributed by atoms with Crippen LogP contribution in [0.2, 0.25) is 0 Å². The molecule has 1 N–H and O–H groups in total. The van der Waals surface area contributed by atoms with E-state index in [2.05, 4.69) is 12.1 Å². The third-order valence-corrected chi connectivity index (χ3v) is 3.51. The fourth-order valence-electron chi connectivity index (χ4n) is 2.59. The van der Waals surface area contributed by atoms with Gasteiger partial charge in [0.05, 0.1) is 12.2 Å². The molecule has 1 aromatic carbocycles. The van der Waals surface area contributed by atoms with Gasteiger partial charge in [-0.05, 0) is 44.1 Å². The predicted octanol–water partition coefficient (Wildman–Crippen LogP) is 2.80. The molecule has 1 aliphatic rings. The van der Waals surface area contributed by atoms with Crippen molar-refractivity contribution in [2.75, 3.05) is 6.61 Å². The van der Waals surface area contributed by atoms with Gasteiger partial charge < -0.3 is 9.84 Å². The van der Waals surface area contributed by atoms with E-state index >= 15 is 0 Å². The zero-order valence-electron chi connectivity index (χ0n) is 10.5. The summed E-state index contributed by atoms with van der Waals surface area (Å²) in [6, 6.07) is 10.2. The second kappa shape index (κ2) is 6.18. The first-order valence-electron chi connectivity index (χ1n) is 6.61. The van der Waals surface area contributed by atoms with E-state index in [9.17, 15) is 5.11 Å². The van der Waals surface area contributed by atoms with Crippen LogP contribution in [0, 0.1) is 5.92 Å². The number of ether oxygens (including phenoxy) is 1. The molecule has 0 aliphatic heterocycles. The molecule has 0 spiro atoms. The highest BCUT2D eigenvalue weighted by atomic mass is 16.5. The van der Waals surface area contributed by atoms with E-state index in [0.29, 0.717) is 12.0 Å². The third-order valence-electron chi connectivity index (χ3n) is 3.51. The van der Waals surface area contributed by atoms with Crippen molar-refractivity contribution in [3.8, 4) is 0 Å². The molecule has 1 fully saturated rings. The minimum atomic E-state index is -0.204.